The van der Waals surface area contributed by atoms with Gasteiger partial charge in [-0.3, -0.25) is 4.79 Å². The minimum atomic E-state index is -0.709. The van der Waals surface area contributed by atoms with E-state index in [4.69, 9.17) is 0 Å². The second-order valence-corrected chi connectivity index (χ2v) is 7.86. The summed E-state index contributed by atoms with van der Waals surface area (Å²) in [5.74, 6) is -0.656. The first-order valence-corrected chi connectivity index (χ1v) is 9.38. The lowest BCUT2D eigenvalue weighted by Gasteiger charge is -2.41. The number of amides is 1. The zero-order chi connectivity index (χ0) is 16.7. The number of nitrogens with zero attached hydrogens (tertiary/aromatic N) is 3. The molecule has 5 nitrogen and oxygen atoms in total. The quantitative estimate of drug-likeness (QED) is 0.838. The van der Waals surface area contributed by atoms with Crippen molar-refractivity contribution >= 4 is 24.0 Å². The number of aliphatic imine (C=N–C) groups is 1. The Labute approximate surface area is 156 Å². The van der Waals surface area contributed by atoms with Gasteiger partial charge in [0, 0.05) is 43.4 Å². The molecule has 4 rings (SSSR count). The van der Waals surface area contributed by atoms with Crippen LogP contribution >= 0.6 is 12.4 Å². The summed E-state index contributed by atoms with van der Waals surface area (Å²) in [5, 5.41) is 13.1. The molecule has 3 heterocycles. The maximum absolute atomic E-state index is 12.5. The Bertz CT molecular complexity index is 647. The van der Waals surface area contributed by atoms with E-state index in [0.29, 0.717) is 11.3 Å². The summed E-state index contributed by atoms with van der Waals surface area (Å²) in [6.07, 6.45) is 7.25. The van der Waals surface area contributed by atoms with Crippen LogP contribution in [-0.4, -0.2) is 42.7 Å². The van der Waals surface area contributed by atoms with Gasteiger partial charge in [0.25, 0.3) is 5.91 Å². The topological polar surface area (TPSA) is 68.5 Å². The van der Waals surface area contributed by atoms with Gasteiger partial charge in [0.15, 0.2) is 5.92 Å². The predicted molar refractivity (Wildman–Crippen MR) is 99.6 cm³/mol. The number of piperidine rings is 2. The summed E-state index contributed by atoms with van der Waals surface area (Å²) in [6, 6.07) is 2.23. The van der Waals surface area contributed by atoms with Crippen LogP contribution in [0, 0.1) is 28.6 Å². The molecule has 0 radical (unpaired) electrons. The van der Waals surface area contributed by atoms with Crippen molar-refractivity contribution in [1.29, 1.82) is 5.26 Å². The lowest BCUT2D eigenvalue weighted by molar-refractivity contribution is -0.119. The van der Waals surface area contributed by atoms with Crippen LogP contribution in [0.25, 0.3) is 0 Å². The molecule has 2 saturated heterocycles. The van der Waals surface area contributed by atoms with Gasteiger partial charge >= 0.3 is 0 Å². The van der Waals surface area contributed by atoms with Crippen molar-refractivity contribution in [2.24, 2.45) is 22.2 Å². The minimum Gasteiger partial charge on any atom is -0.373 e. The van der Waals surface area contributed by atoms with Gasteiger partial charge < -0.3 is 10.2 Å². The number of hydrogen-bond donors (Lipinski definition) is 1. The van der Waals surface area contributed by atoms with Crippen LogP contribution < -0.4 is 5.32 Å². The summed E-state index contributed by atoms with van der Waals surface area (Å²) < 4.78 is 0. The number of rotatable bonds is 3. The van der Waals surface area contributed by atoms with Gasteiger partial charge in [-0.15, -0.1) is 12.4 Å². The van der Waals surface area contributed by atoms with Crippen molar-refractivity contribution in [3.8, 4) is 6.07 Å². The highest BCUT2D eigenvalue weighted by atomic mass is 35.5. The standard InChI is InChI=1S/C19H26N4O.ClH/c1-2-3-13-11-21-12-15-16(13)22-18(24)14(10-20)17(15)23-8-6-19(4-5-19)7-9-23;/h13-14,21H,2-9,11-12H2,1H3;1H. The summed E-state index contributed by atoms with van der Waals surface area (Å²) in [6.45, 7) is 5.76. The molecule has 1 N–H and O–H groups in total. The zero-order valence-corrected chi connectivity index (χ0v) is 15.7. The van der Waals surface area contributed by atoms with Crippen LogP contribution in [-0.2, 0) is 4.79 Å². The molecule has 25 heavy (non-hydrogen) atoms. The molecular weight excluding hydrogens is 336 g/mol. The Morgan fingerprint density at radius 1 is 1.32 bits per heavy atom. The van der Waals surface area contributed by atoms with E-state index in [-0.39, 0.29) is 18.3 Å². The number of nitriles is 1. The summed E-state index contributed by atoms with van der Waals surface area (Å²) in [4.78, 5) is 19.2. The molecule has 0 aromatic rings. The van der Waals surface area contributed by atoms with E-state index in [1.165, 1.54) is 25.7 Å². The molecule has 0 bridgehead atoms. The molecule has 0 aromatic heterocycles. The second kappa shape index (κ2) is 7.09. The second-order valence-electron chi connectivity index (χ2n) is 7.86. The van der Waals surface area contributed by atoms with Crippen LogP contribution in [0.4, 0.5) is 0 Å². The Morgan fingerprint density at radius 2 is 2.04 bits per heavy atom. The smallest absolute Gasteiger partial charge is 0.269 e. The largest absolute Gasteiger partial charge is 0.373 e. The van der Waals surface area contributed by atoms with Crippen LogP contribution in [0.5, 0.6) is 0 Å². The molecule has 2 atom stereocenters. The number of carbonyl (C=O) groups excluding carboxylic acids is 1. The summed E-state index contributed by atoms with van der Waals surface area (Å²) >= 11 is 0. The normalized spacial score (nSPS) is 30.3. The Hall–Kier alpha value is -1.38. The van der Waals surface area contributed by atoms with Crippen LogP contribution in [0.2, 0.25) is 0 Å². The number of halogens is 1. The number of likely N-dealkylation sites (tertiary alicyclic amines) is 1. The fourth-order valence-electron chi connectivity index (χ4n) is 4.64. The molecule has 6 heteroatoms. The van der Waals surface area contributed by atoms with Crippen molar-refractivity contribution in [3.05, 3.63) is 11.3 Å². The molecule has 3 fully saturated rings. The van der Waals surface area contributed by atoms with Gasteiger partial charge in [-0.05, 0) is 37.5 Å². The highest BCUT2D eigenvalue weighted by Gasteiger charge is 2.47. The van der Waals surface area contributed by atoms with Gasteiger partial charge in [0.1, 0.15) is 0 Å². The molecule has 3 aliphatic heterocycles. The van der Waals surface area contributed by atoms with E-state index in [1.54, 1.807) is 0 Å². The van der Waals surface area contributed by atoms with Crippen molar-refractivity contribution in [2.45, 2.75) is 45.4 Å². The Kier molecular flexibility index (Phi) is 5.22. The number of dihydropyridines is 1. The van der Waals surface area contributed by atoms with E-state index < -0.39 is 5.92 Å². The van der Waals surface area contributed by atoms with Gasteiger partial charge in [-0.25, -0.2) is 4.99 Å². The summed E-state index contributed by atoms with van der Waals surface area (Å²) in [7, 11) is 0. The third-order valence-corrected chi connectivity index (χ3v) is 6.34. The van der Waals surface area contributed by atoms with Gasteiger partial charge in [-0.2, -0.15) is 5.26 Å². The fourth-order valence-corrected chi connectivity index (χ4v) is 4.64. The molecule has 0 aromatic carbocycles. The van der Waals surface area contributed by atoms with Crippen LogP contribution in [0.1, 0.15) is 45.4 Å². The van der Waals surface area contributed by atoms with Crippen molar-refractivity contribution < 1.29 is 4.79 Å². The maximum atomic E-state index is 12.5. The SMILES string of the molecule is CCCC1CNCC2=C(N3CCC4(CC3)CC4)C(C#N)C(=O)N=C21.Cl. The van der Waals surface area contributed by atoms with Crippen molar-refractivity contribution in [2.75, 3.05) is 26.2 Å². The lowest BCUT2D eigenvalue weighted by atomic mass is 9.82. The van der Waals surface area contributed by atoms with E-state index in [2.05, 4.69) is 28.2 Å². The first-order valence-electron chi connectivity index (χ1n) is 9.38. The molecule has 1 aliphatic carbocycles. The Balaban J connectivity index is 0.00000182. The number of nitrogens with one attached hydrogen (secondary N) is 1. The molecule has 2 unspecified atom stereocenters. The van der Waals surface area contributed by atoms with Gasteiger partial charge in [0.2, 0.25) is 0 Å². The predicted octanol–water partition coefficient (Wildman–Crippen LogP) is 2.68. The molecule has 1 saturated carbocycles. The molecule has 1 amide bonds. The molecule has 4 aliphatic rings. The average Bonchev–Trinajstić information content (AvgIpc) is 3.35. The van der Waals surface area contributed by atoms with E-state index in [9.17, 15) is 10.1 Å². The van der Waals surface area contributed by atoms with Crippen molar-refractivity contribution in [3.63, 3.8) is 0 Å². The molecule has 1 spiro atoms. The third-order valence-electron chi connectivity index (χ3n) is 6.34. The van der Waals surface area contributed by atoms with Gasteiger partial charge in [0.05, 0.1) is 11.8 Å². The van der Waals surface area contributed by atoms with E-state index >= 15 is 0 Å². The fraction of sp³-hybridized carbons (Fsp3) is 0.737. The summed E-state index contributed by atoms with van der Waals surface area (Å²) in [5.41, 5.74) is 3.66. The highest BCUT2D eigenvalue weighted by Crippen LogP contribution is 2.54. The van der Waals surface area contributed by atoms with Crippen LogP contribution in [0.3, 0.4) is 0 Å². The molecular formula is C19H27ClN4O. The third kappa shape index (κ3) is 3.22. The van der Waals surface area contributed by atoms with E-state index in [0.717, 1.165) is 56.0 Å². The highest BCUT2D eigenvalue weighted by molar-refractivity contribution is 6.13. The zero-order valence-electron chi connectivity index (χ0n) is 14.9. The van der Waals surface area contributed by atoms with Crippen molar-refractivity contribution in [1.82, 2.24) is 10.2 Å². The first-order chi connectivity index (χ1) is 11.7. The number of hydrogen-bond acceptors (Lipinski definition) is 4. The van der Waals surface area contributed by atoms with Gasteiger partial charge in [-0.1, -0.05) is 13.3 Å². The van der Waals surface area contributed by atoms with Crippen LogP contribution in [0.15, 0.2) is 16.3 Å². The lowest BCUT2D eigenvalue weighted by Crippen LogP contribution is -2.47. The molecule has 136 valence electrons. The maximum Gasteiger partial charge on any atom is 0.269 e. The van der Waals surface area contributed by atoms with E-state index in [1.807, 2.05) is 0 Å². The average molecular weight is 363 g/mol. The minimum absolute atomic E-state index is 0. The Morgan fingerprint density at radius 3 is 2.64 bits per heavy atom. The first kappa shape index (κ1) is 18.4. The number of carbonyl (C=O) groups is 1. The monoisotopic (exact) mass is 362 g/mol. The number of fused-ring (bicyclic) bond motifs is 1.